The van der Waals surface area contributed by atoms with Gasteiger partial charge in [0.2, 0.25) is 15.9 Å². The Morgan fingerprint density at radius 3 is 2.43 bits per heavy atom. The van der Waals surface area contributed by atoms with Gasteiger partial charge in [-0.1, -0.05) is 0 Å². The first kappa shape index (κ1) is 20.1. The van der Waals surface area contributed by atoms with Crippen LogP contribution in [0.1, 0.15) is 12.8 Å². The van der Waals surface area contributed by atoms with Gasteiger partial charge in [0.25, 0.3) is 0 Å². The molecule has 1 fully saturated rings. The second-order valence-electron chi connectivity index (χ2n) is 6.29. The molecule has 0 aliphatic carbocycles. The lowest BCUT2D eigenvalue weighted by Crippen LogP contribution is -2.43. The molecule has 2 aromatic rings. The molecule has 1 aliphatic heterocycles. The molecule has 0 bridgehead atoms. The number of methoxy groups -OCH3 is 2. The van der Waals surface area contributed by atoms with E-state index >= 15 is 0 Å². The van der Waals surface area contributed by atoms with Gasteiger partial charge in [0.15, 0.2) is 11.5 Å². The van der Waals surface area contributed by atoms with Crippen LogP contribution in [0.2, 0.25) is 0 Å². The van der Waals surface area contributed by atoms with Crippen molar-refractivity contribution in [1.29, 1.82) is 0 Å². The van der Waals surface area contributed by atoms with Crippen molar-refractivity contribution in [3.8, 4) is 11.5 Å². The average Bonchev–Trinajstić information content (AvgIpc) is 3.19. The first-order chi connectivity index (χ1) is 13.4. The second kappa shape index (κ2) is 8.15. The first-order valence-corrected chi connectivity index (χ1v) is 10.1. The Balaban J connectivity index is 1.80. The largest absolute Gasteiger partial charge is 0.493 e. The molecule has 1 heterocycles. The van der Waals surface area contributed by atoms with Gasteiger partial charge in [-0.15, -0.1) is 0 Å². The first-order valence-electron chi connectivity index (χ1n) is 8.67. The Bertz CT molecular complexity index is 963. The molecule has 1 amide bonds. The lowest BCUT2D eigenvalue weighted by Gasteiger charge is -2.23. The third kappa shape index (κ3) is 3.95. The molecule has 0 unspecified atom stereocenters. The fraction of sp³-hybridized carbons (Fsp3) is 0.316. The highest BCUT2D eigenvalue weighted by Crippen LogP contribution is 2.31. The normalized spacial score (nSPS) is 17.3. The van der Waals surface area contributed by atoms with Crippen LogP contribution in [0.4, 0.5) is 10.1 Å². The Labute approximate surface area is 163 Å². The molecule has 1 N–H and O–H groups in total. The smallest absolute Gasteiger partial charge is 0.243 e. The maximum absolute atomic E-state index is 13.1. The molecular formula is C19H21FN2O5S. The number of nitrogens with zero attached hydrogens (tertiary/aromatic N) is 1. The van der Waals surface area contributed by atoms with E-state index in [0.717, 1.165) is 16.4 Å². The molecule has 7 nitrogen and oxygen atoms in total. The van der Waals surface area contributed by atoms with Crippen LogP contribution < -0.4 is 14.8 Å². The highest BCUT2D eigenvalue weighted by atomic mass is 32.2. The average molecular weight is 408 g/mol. The van der Waals surface area contributed by atoms with Crippen molar-refractivity contribution in [2.24, 2.45) is 0 Å². The minimum atomic E-state index is -3.90. The fourth-order valence-electron chi connectivity index (χ4n) is 3.17. The SMILES string of the molecule is COc1ccc(NC(=O)[C@@H]2CCCN2S(=O)(=O)c2ccc(F)cc2)cc1OC. The number of amides is 1. The van der Waals surface area contributed by atoms with E-state index in [4.69, 9.17) is 9.47 Å². The van der Waals surface area contributed by atoms with Crippen LogP contribution >= 0.6 is 0 Å². The summed E-state index contributed by atoms with van der Waals surface area (Å²) in [6, 6.07) is 8.62. The van der Waals surface area contributed by atoms with E-state index in [0.29, 0.717) is 30.0 Å². The molecule has 1 atom stereocenters. The van der Waals surface area contributed by atoms with Crippen LogP contribution in [-0.2, 0) is 14.8 Å². The van der Waals surface area contributed by atoms with E-state index in [1.54, 1.807) is 18.2 Å². The molecule has 1 saturated heterocycles. The molecule has 2 aromatic carbocycles. The van der Waals surface area contributed by atoms with Gasteiger partial charge in [0.05, 0.1) is 19.1 Å². The second-order valence-corrected chi connectivity index (χ2v) is 8.18. The zero-order chi connectivity index (χ0) is 20.3. The summed E-state index contributed by atoms with van der Waals surface area (Å²) >= 11 is 0. The number of carbonyl (C=O) groups excluding carboxylic acids is 1. The van der Waals surface area contributed by atoms with Crippen LogP contribution in [0.15, 0.2) is 47.4 Å². The summed E-state index contributed by atoms with van der Waals surface area (Å²) in [6.07, 6.45) is 0.962. The standard InChI is InChI=1S/C19H21FN2O5S/c1-26-17-10-7-14(12-18(17)27-2)21-19(23)16-4-3-11-22(16)28(24,25)15-8-5-13(20)6-9-15/h5-10,12,16H,3-4,11H2,1-2H3,(H,21,23)/t16-/m0/s1. The third-order valence-electron chi connectivity index (χ3n) is 4.58. The van der Waals surface area contributed by atoms with Crippen LogP contribution in [0, 0.1) is 5.82 Å². The predicted molar refractivity (Wildman–Crippen MR) is 101 cm³/mol. The van der Waals surface area contributed by atoms with E-state index in [9.17, 15) is 17.6 Å². The molecule has 0 aromatic heterocycles. The fourth-order valence-corrected chi connectivity index (χ4v) is 4.83. The number of benzene rings is 2. The molecule has 0 spiro atoms. The molecule has 3 rings (SSSR count). The highest BCUT2D eigenvalue weighted by Gasteiger charge is 2.39. The van der Waals surface area contributed by atoms with E-state index < -0.39 is 27.8 Å². The number of ether oxygens (including phenoxy) is 2. The molecule has 1 aliphatic rings. The summed E-state index contributed by atoms with van der Waals surface area (Å²) in [5.41, 5.74) is 0.466. The van der Waals surface area contributed by atoms with Crippen molar-refractivity contribution in [1.82, 2.24) is 4.31 Å². The van der Waals surface area contributed by atoms with Gasteiger partial charge in [0.1, 0.15) is 11.9 Å². The molecule has 28 heavy (non-hydrogen) atoms. The molecular weight excluding hydrogens is 387 g/mol. The number of anilines is 1. The van der Waals surface area contributed by atoms with E-state index in [1.807, 2.05) is 0 Å². The number of hydrogen-bond donors (Lipinski definition) is 1. The van der Waals surface area contributed by atoms with Crippen molar-refractivity contribution in [2.75, 3.05) is 26.1 Å². The van der Waals surface area contributed by atoms with Gasteiger partial charge in [-0.3, -0.25) is 4.79 Å². The topological polar surface area (TPSA) is 84.9 Å². The number of nitrogens with one attached hydrogen (secondary N) is 1. The Morgan fingerprint density at radius 1 is 1.11 bits per heavy atom. The van der Waals surface area contributed by atoms with Crippen molar-refractivity contribution < 1.29 is 27.1 Å². The Morgan fingerprint density at radius 2 is 1.79 bits per heavy atom. The van der Waals surface area contributed by atoms with Gasteiger partial charge in [-0.25, -0.2) is 12.8 Å². The number of carbonyl (C=O) groups is 1. The van der Waals surface area contributed by atoms with Gasteiger partial charge < -0.3 is 14.8 Å². The van der Waals surface area contributed by atoms with Crippen molar-refractivity contribution in [3.63, 3.8) is 0 Å². The summed E-state index contributed by atoms with van der Waals surface area (Å²) in [5.74, 6) is 0.00270. The van der Waals surface area contributed by atoms with Gasteiger partial charge >= 0.3 is 0 Å². The molecule has 150 valence electrons. The van der Waals surface area contributed by atoms with E-state index in [1.165, 1.54) is 26.4 Å². The number of sulfonamides is 1. The van der Waals surface area contributed by atoms with Gasteiger partial charge in [0, 0.05) is 18.3 Å². The minimum absolute atomic E-state index is 0.0419. The number of hydrogen-bond acceptors (Lipinski definition) is 5. The monoisotopic (exact) mass is 408 g/mol. The molecule has 0 saturated carbocycles. The summed E-state index contributed by atoms with van der Waals surface area (Å²) in [4.78, 5) is 12.7. The van der Waals surface area contributed by atoms with Crippen LogP contribution in [0.5, 0.6) is 11.5 Å². The summed E-state index contributed by atoms with van der Waals surface area (Å²) in [5, 5.41) is 2.73. The van der Waals surface area contributed by atoms with Crippen molar-refractivity contribution >= 4 is 21.6 Å². The van der Waals surface area contributed by atoms with Gasteiger partial charge in [-0.05, 0) is 49.2 Å². The van der Waals surface area contributed by atoms with Crippen LogP contribution in [-0.4, -0.2) is 45.4 Å². The zero-order valence-electron chi connectivity index (χ0n) is 15.5. The third-order valence-corrected chi connectivity index (χ3v) is 6.50. The molecule has 0 radical (unpaired) electrons. The highest BCUT2D eigenvalue weighted by molar-refractivity contribution is 7.89. The molecule has 9 heteroatoms. The van der Waals surface area contributed by atoms with Crippen molar-refractivity contribution in [3.05, 3.63) is 48.3 Å². The Kier molecular flexibility index (Phi) is 5.85. The van der Waals surface area contributed by atoms with Crippen LogP contribution in [0.3, 0.4) is 0 Å². The zero-order valence-corrected chi connectivity index (χ0v) is 16.3. The Hall–Kier alpha value is -2.65. The van der Waals surface area contributed by atoms with Crippen molar-refractivity contribution in [2.45, 2.75) is 23.8 Å². The van der Waals surface area contributed by atoms with Crippen LogP contribution in [0.25, 0.3) is 0 Å². The quantitative estimate of drug-likeness (QED) is 0.794. The predicted octanol–water partition coefficient (Wildman–Crippen LogP) is 2.63. The lowest BCUT2D eigenvalue weighted by atomic mass is 10.2. The van der Waals surface area contributed by atoms with E-state index in [-0.39, 0.29) is 11.4 Å². The summed E-state index contributed by atoms with van der Waals surface area (Å²) in [6.45, 7) is 0.226. The summed E-state index contributed by atoms with van der Waals surface area (Å²) < 4.78 is 50.4. The number of rotatable bonds is 6. The maximum Gasteiger partial charge on any atom is 0.243 e. The van der Waals surface area contributed by atoms with E-state index in [2.05, 4.69) is 5.32 Å². The minimum Gasteiger partial charge on any atom is -0.493 e. The number of halogens is 1. The summed E-state index contributed by atoms with van der Waals surface area (Å²) in [7, 11) is -0.914. The lowest BCUT2D eigenvalue weighted by molar-refractivity contribution is -0.119. The maximum atomic E-state index is 13.1. The van der Waals surface area contributed by atoms with Gasteiger partial charge in [-0.2, -0.15) is 4.31 Å².